The Morgan fingerprint density at radius 1 is 1.44 bits per heavy atom. The van der Waals surface area contributed by atoms with Crippen LogP contribution in [0.5, 0.6) is 0 Å². The molecule has 2 N–H and O–H groups in total. The van der Waals surface area contributed by atoms with E-state index < -0.39 is 0 Å². The van der Waals surface area contributed by atoms with Crippen LogP contribution in [-0.4, -0.2) is 34.1 Å². The Morgan fingerprint density at radius 2 is 2.28 bits per heavy atom. The molecular formula is C12H17N5O. The normalized spacial score (nSPS) is 12.6. The maximum Gasteiger partial charge on any atom is 0.224 e. The van der Waals surface area contributed by atoms with Crippen molar-refractivity contribution in [3.63, 3.8) is 0 Å². The minimum Gasteiger partial charge on any atom is -0.349 e. The van der Waals surface area contributed by atoms with E-state index in [2.05, 4.69) is 20.8 Å². The number of carbonyl (C=O) groups excluding carboxylic acids is 1. The Balaban J connectivity index is 2.00. The number of nitrogens with one attached hydrogen (secondary N) is 2. The van der Waals surface area contributed by atoms with E-state index in [4.69, 9.17) is 0 Å². The Kier molecular flexibility index (Phi) is 3.88. The Morgan fingerprint density at radius 3 is 3.06 bits per heavy atom. The molecule has 1 atom stereocenters. The van der Waals surface area contributed by atoms with Gasteiger partial charge in [0.05, 0.1) is 6.54 Å². The molecule has 6 nitrogen and oxygen atoms in total. The van der Waals surface area contributed by atoms with Crippen molar-refractivity contribution in [1.29, 1.82) is 0 Å². The molecular weight excluding hydrogens is 230 g/mol. The summed E-state index contributed by atoms with van der Waals surface area (Å²) in [7, 11) is 1.83. The van der Waals surface area contributed by atoms with Crippen LogP contribution < -0.4 is 10.6 Å². The van der Waals surface area contributed by atoms with Crippen LogP contribution in [0.25, 0.3) is 5.65 Å². The number of aromatic nitrogens is 3. The van der Waals surface area contributed by atoms with E-state index in [1.807, 2.05) is 42.8 Å². The van der Waals surface area contributed by atoms with Crippen LogP contribution in [0.2, 0.25) is 0 Å². The maximum atomic E-state index is 11.8. The zero-order valence-corrected chi connectivity index (χ0v) is 10.6. The van der Waals surface area contributed by atoms with E-state index in [-0.39, 0.29) is 11.8 Å². The highest BCUT2D eigenvalue weighted by atomic mass is 16.1. The van der Waals surface area contributed by atoms with Crippen LogP contribution in [0.3, 0.4) is 0 Å². The fraction of sp³-hybridized carbons (Fsp3) is 0.417. The van der Waals surface area contributed by atoms with Crippen molar-refractivity contribution in [3.05, 3.63) is 30.2 Å². The van der Waals surface area contributed by atoms with Gasteiger partial charge in [-0.25, -0.2) is 0 Å². The fourth-order valence-electron chi connectivity index (χ4n) is 1.75. The van der Waals surface area contributed by atoms with Crippen molar-refractivity contribution in [1.82, 2.24) is 25.2 Å². The molecule has 1 unspecified atom stereocenters. The standard InChI is InChI=1S/C12H17N5O/c1-9(7-13-2)12(18)14-8-11-16-15-10-5-3-4-6-17(10)11/h3-6,9,13H,7-8H2,1-2H3,(H,14,18). The number of hydrogen-bond donors (Lipinski definition) is 2. The third-order valence-corrected chi connectivity index (χ3v) is 2.76. The van der Waals surface area contributed by atoms with E-state index in [9.17, 15) is 4.79 Å². The number of amides is 1. The minimum atomic E-state index is -0.0609. The average molecular weight is 247 g/mol. The largest absolute Gasteiger partial charge is 0.349 e. The van der Waals surface area contributed by atoms with E-state index in [0.717, 1.165) is 11.5 Å². The third kappa shape index (κ3) is 2.65. The quantitative estimate of drug-likeness (QED) is 0.792. The molecule has 2 heterocycles. The van der Waals surface area contributed by atoms with Gasteiger partial charge >= 0.3 is 0 Å². The number of nitrogens with zero attached hydrogens (tertiary/aromatic N) is 3. The Bertz CT molecular complexity index is 536. The lowest BCUT2D eigenvalue weighted by Gasteiger charge is -2.10. The smallest absolute Gasteiger partial charge is 0.224 e. The molecule has 0 spiro atoms. The lowest BCUT2D eigenvalue weighted by atomic mass is 10.1. The van der Waals surface area contributed by atoms with Crippen LogP contribution in [-0.2, 0) is 11.3 Å². The molecule has 0 saturated heterocycles. The Labute approximate surface area is 105 Å². The highest BCUT2D eigenvalue weighted by Crippen LogP contribution is 2.02. The van der Waals surface area contributed by atoms with Gasteiger partial charge in [0.2, 0.25) is 5.91 Å². The summed E-state index contributed by atoms with van der Waals surface area (Å²) in [5.74, 6) is 0.682. The van der Waals surface area contributed by atoms with Crippen molar-refractivity contribution < 1.29 is 4.79 Å². The number of hydrogen-bond acceptors (Lipinski definition) is 4. The van der Waals surface area contributed by atoms with Gasteiger partial charge in [0.1, 0.15) is 0 Å². The second kappa shape index (κ2) is 5.59. The van der Waals surface area contributed by atoms with Gasteiger partial charge < -0.3 is 10.6 Å². The first-order valence-corrected chi connectivity index (χ1v) is 5.93. The number of fused-ring (bicyclic) bond motifs is 1. The highest BCUT2D eigenvalue weighted by Gasteiger charge is 2.12. The van der Waals surface area contributed by atoms with Crippen LogP contribution >= 0.6 is 0 Å². The fourth-order valence-corrected chi connectivity index (χ4v) is 1.75. The highest BCUT2D eigenvalue weighted by molar-refractivity contribution is 5.78. The molecule has 2 aromatic heterocycles. The molecule has 2 aromatic rings. The maximum absolute atomic E-state index is 11.8. The number of carbonyl (C=O) groups is 1. The molecule has 0 aliphatic carbocycles. The number of rotatable bonds is 5. The lowest BCUT2D eigenvalue weighted by Crippen LogP contribution is -2.34. The molecule has 0 aromatic carbocycles. The van der Waals surface area contributed by atoms with Crippen molar-refractivity contribution in [2.45, 2.75) is 13.5 Å². The first-order chi connectivity index (χ1) is 8.72. The van der Waals surface area contributed by atoms with Gasteiger partial charge in [-0.15, -0.1) is 10.2 Å². The average Bonchev–Trinajstić information content (AvgIpc) is 2.79. The summed E-state index contributed by atoms with van der Waals surface area (Å²) < 4.78 is 1.86. The summed E-state index contributed by atoms with van der Waals surface area (Å²) in [5.41, 5.74) is 0.782. The van der Waals surface area contributed by atoms with Crippen molar-refractivity contribution in [2.75, 3.05) is 13.6 Å². The second-order valence-electron chi connectivity index (χ2n) is 4.22. The van der Waals surface area contributed by atoms with Crippen LogP contribution in [0, 0.1) is 5.92 Å². The van der Waals surface area contributed by atoms with E-state index in [1.165, 1.54) is 0 Å². The Hall–Kier alpha value is -1.95. The first kappa shape index (κ1) is 12.5. The predicted molar refractivity (Wildman–Crippen MR) is 67.9 cm³/mol. The zero-order valence-electron chi connectivity index (χ0n) is 10.6. The van der Waals surface area contributed by atoms with Gasteiger partial charge in [-0.3, -0.25) is 9.20 Å². The molecule has 0 bridgehead atoms. The van der Waals surface area contributed by atoms with Gasteiger partial charge in [0, 0.05) is 18.7 Å². The summed E-state index contributed by atoms with van der Waals surface area (Å²) in [6.45, 7) is 2.93. The van der Waals surface area contributed by atoms with Crippen LogP contribution in [0.15, 0.2) is 24.4 Å². The predicted octanol–water partition coefficient (Wildman–Crippen LogP) is 0.201. The summed E-state index contributed by atoms with van der Waals surface area (Å²) in [6.07, 6.45) is 1.88. The van der Waals surface area contributed by atoms with Gasteiger partial charge in [-0.05, 0) is 19.2 Å². The zero-order chi connectivity index (χ0) is 13.0. The molecule has 0 aliphatic heterocycles. The first-order valence-electron chi connectivity index (χ1n) is 5.93. The second-order valence-corrected chi connectivity index (χ2v) is 4.22. The van der Waals surface area contributed by atoms with Crippen LogP contribution in [0.4, 0.5) is 0 Å². The summed E-state index contributed by atoms with van der Waals surface area (Å²) in [6, 6.07) is 5.69. The molecule has 0 radical (unpaired) electrons. The molecule has 0 aliphatic rings. The topological polar surface area (TPSA) is 71.3 Å². The lowest BCUT2D eigenvalue weighted by molar-refractivity contribution is -0.124. The summed E-state index contributed by atoms with van der Waals surface area (Å²) >= 11 is 0. The van der Waals surface area contributed by atoms with Crippen LogP contribution in [0.1, 0.15) is 12.7 Å². The summed E-state index contributed by atoms with van der Waals surface area (Å²) in [5, 5.41) is 13.9. The van der Waals surface area contributed by atoms with Crippen molar-refractivity contribution in [2.24, 2.45) is 5.92 Å². The van der Waals surface area contributed by atoms with E-state index in [0.29, 0.717) is 13.1 Å². The molecule has 6 heteroatoms. The van der Waals surface area contributed by atoms with Crippen molar-refractivity contribution in [3.8, 4) is 0 Å². The monoisotopic (exact) mass is 247 g/mol. The summed E-state index contributed by atoms with van der Waals surface area (Å²) in [4.78, 5) is 11.8. The van der Waals surface area contributed by atoms with Crippen molar-refractivity contribution >= 4 is 11.6 Å². The molecule has 0 saturated carbocycles. The molecule has 0 fully saturated rings. The van der Waals surface area contributed by atoms with E-state index >= 15 is 0 Å². The van der Waals surface area contributed by atoms with Gasteiger partial charge in [0.25, 0.3) is 0 Å². The van der Waals surface area contributed by atoms with Gasteiger partial charge in [-0.2, -0.15) is 0 Å². The van der Waals surface area contributed by atoms with Gasteiger partial charge in [0.15, 0.2) is 11.5 Å². The number of pyridine rings is 1. The third-order valence-electron chi connectivity index (χ3n) is 2.76. The SMILES string of the molecule is CNCC(C)C(=O)NCc1nnc2ccccn12. The van der Waals surface area contributed by atoms with Gasteiger partial charge in [-0.1, -0.05) is 13.0 Å². The molecule has 1 amide bonds. The molecule has 18 heavy (non-hydrogen) atoms. The minimum absolute atomic E-state index is 0.0111. The molecule has 2 rings (SSSR count). The van der Waals surface area contributed by atoms with E-state index in [1.54, 1.807) is 0 Å². The molecule has 96 valence electrons.